The molecule has 3 rings (SSSR count). The standard InChI is InChI=1S/C22H28N2O6S/c1-5-18(16-7-9-19(28-4)15(3)11-16)23-22(25)13-24(31(26,27)6-2)17-8-10-20-21(12-17)30-14-29-20/h7-12,18H,5-6,13-14H2,1-4H3,(H,23,25)/t18-/m0/s1. The van der Waals surface area contributed by atoms with Crippen LogP contribution in [0.1, 0.15) is 37.4 Å². The van der Waals surface area contributed by atoms with Crippen molar-refractivity contribution < 1.29 is 27.4 Å². The summed E-state index contributed by atoms with van der Waals surface area (Å²) in [5.41, 5.74) is 2.25. The molecule has 0 spiro atoms. The van der Waals surface area contributed by atoms with E-state index in [4.69, 9.17) is 14.2 Å². The van der Waals surface area contributed by atoms with E-state index in [9.17, 15) is 13.2 Å². The molecule has 168 valence electrons. The maximum Gasteiger partial charge on any atom is 0.241 e. The van der Waals surface area contributed by atoms with Gasteiger partial charge in [0, 0.05) is 6.07 Å². The predicted molar refractivity (Wildman–Crippen MR) is 118 cm³/mol. The smallest absolute Gasteiger partial charge is 0.241 e. The van der Waals surface area contributed by atoms with Crippen molar-refractivity contribution in [2.45, 2.75) is 33.2 Å². The number of fused-ring (bicyclic) bond motifs is 1. The van der Waals surface area contributed by atoms with E-state index in [1.165, 1.54) is 0 Å². The molecule has 1 N–H and O–H groups in total. The molecule has 0 fully saturated rings. The zero-order chi connectivity index (χ0) is 22.6. The van der Waals surface area contributed by atoms with E-state index in [1.54, 1.807) is 32.2 Å². The summed E-state index contributed by atoms with van der Waals surface area (Å²) in [5, 5.41) is 2.95. The van der Waals surface area contributed by atoms with E-state index in [0.29, 0.717) is 23.6 Å². The van der Waals surface area contributed by atoms with Gasteiger partial charge in [0.1, 0.15) is 12.3 Å². The maximum absolute atomic E-state index is 12.9. The topological polar surface area (TPSA) is 94.2 Å². The number of nitrogens with one attached hydrogen (secondary N) is 1. The first kappa shape index (κ1) is 22.7. The van der Waals surface area contributed by atoms with Gasteiger partial charge in [-0.1, -0.05) is 19.1 Å². The molecule has 31 heavy (non-hydrogen) atoms. The van der Waals surface area contributed by atoms with Gasteiger partial charge < -0.3 is 19.5 Å². The van der Waals surface area contributed by atoms with Crippen LogP contribution in [-0.4, -0.2) is 40.5 Å². The molecule has 0 saturated carbocycles. The first-order chi connectivity index (χ1) is 14.8. The lowest BCUT2D eigenvalue weighted by atomic mass is 10.0. The molecule has 1 aliphatic heterocycles. The fourth-order valence-electron chi connectivity index (χ4n) is 3.46. The highest BCUT2D eigenvalue weighted by molar-refractivity contribution is 7.92. The number of rotatable bonds is 9. The number of carbonyl (C=O) groups excluding carboxylic acids is 1. The number of carbonyl (C=O) groups is 1. The fraction of sp³-hybridized carbons (Fsp3) is 0.409. The van der Waals surface area contributed by atoms with Crippen LogP contribution < -0.4 is 23.8 Å². The fourth-order valence-corrected chi connectivity index (χ4v) is 4.52. The molecule has 8 nitrogen and oxygen atoms in total. The first-order valence-corrected chi connectivity index (χ1v) is 11.7. The van der Waals surface area contributed by atoms with Crippen molar-refractivity contribution >= 4 is 21.6 Å². The summed E-state index contributed by atoms with van der Waals surface area (Å²) in [5.74, 6) is 1.24. The van der Waals surface area contributed by atoms with Gasteiger partial charge in [-0.2, -0.15) is 0 Å². The summed E-state index contributed by atoms with van der Waals surface area (Å²) in [7, 11) is -2.08. The Morgan fingerprint density at radius 2 is 1.90 bits per heavy atom. The normalized spacial score (nSPS) is 13.5. The second kappa shape index (κ2) is 9.47. The minimum atomic E-state index is -3.69. The maximum atomic E-state index is 12.9. The third-order valence-electron chi connectivity index (χ3n) is 5.20. The number of methoxy groups -OCH3 is 1. The van der Waals surface area contributed by atoms with Gasteiger partial charge in [0.25, 0.3) is 0 Å². The van der Waals surface area contributed by atoms with Gasteiger partial charge in [-0.25, -0.2) is 8.42 Å². The highest BCUT2D eigenvalue weighted by Crippen LogP contribution is 2.36. The summed E-state index contributed by atoms with van der Waals surface area (Å²) in [4.78, 5) is 12.9. The number of amides is 1. The van der Waals surface area contributed by atoms with Crippen molar-refractivity contribution in [3.8, 4) is 17.2 Å². The van der Waals surface area contributed by atoms with Crippen LogP contribution in [0.4, 0.5) is 5.69 Å². The number of anilines is 1. The lowest BCUT2D eigenvalue weighted by Crippen LogP contribution is -2.42. The van der Waals surface area contributed by atoms with Crippen molar-refractivity contribution in [2.24, 2.45) is 0 Å². The van der Waals surface area contributed by atoms with E-state index in [-0.39, 0.29) is 25.1 Å². The Hall–Kier alpha value is -2.94. The van der Waals surface area contributed by atoms with Crippen molar-refractivity contribution in [1.82, 2.24) is 5.32 Å². The monoisotopic (exact) mass is 448 g/mol. The van der Waals surface area contributed by atoms with Crippen LogP contribution in [0.25, 0.3) is 0 Å². The van der Waals surface area contributed by atoms with Crippen LogP contribution in [0, 0.1) is 6.92 Å². The molecular weight excluding hydrogens is 420 g/mol. The average Bonchev–Trinajstić information content (AvgIpc) is 3.23. The minimum absolute atomic E-state index is 0.0826. The summed E-state index contributed by atoms with van der Waals surface area (Å²) in [6, 6.07) is 10.3. The van der Waals surface area contributed by atoms with Crippen molar-refractivity contribution in [3.63, 3.8) is 0 Å². The van der Waals surface area contributed by atoms with Gasteiger partial charge >= 0.3 is 0 Å². The van der Waals surface area contributed by atoms with Gasteiger partial charge in [0.15, 0.2) is 11.5 Å². The lowest BCUT2D eigenvalue weighted by Gasteiger charge is -2.25. The number of hydrogen-bond acceptors (Lipinski definition) is 6. The second-order valence-corrected chi connectivity index (χ2v) is 9.38. The highest BCUT2D eigenvalue weighted by Gasteiger charge is 2.26. The first-order valence-electron chi connectivity index (χ1n) is 10.1. The summed E-state index contributed by atoms with van der Waals surface area (Å²) < 4.78 is 42.5. The van der Waals surface area contributed by atoms with Crippen LogP contribution in [0.3, 0.4) is 0 Å². The molecule has 0 aromatic heterocycles. The Morgan fingerprint density at radius 1 is 1.16 bits per heavy atom. The van der Waals surface area contributed by atoms with Crippen LogP contribution >= 0.6 is 0 Å². The molecule has 1 aliphatic rings. The third kappa shape index (κ3) is 5.04. The molecule has 2 aromatic carbocycles. The largest absolute Gasteiger partial charge is 0.496 e. The molecule has 0 aliphatic carbocycles. The number of hydrogen-bond donors (Lipinski definition) is 1. The minimum Gasteiger partial charge on any atom is -0.496 e. The molecule has 1 atom stereocenters. The number of aryl methyl sites for hydroxylation is 1. The Balaban J connectivity index is 1.81. The van der Waals surface area contributed by atoms with E-state index in [1.807, 2.05) is 32.0 Å². The molecule has 9 heteroatoms. The molecule has 0 bridgehead atoms. The van der Waals surface area contributed by atoms with Gasteiger partial charge in [-0.05, 0) is 49.6 Å². The molecule has 1 heterocycles. The zero-order valence-corrected chi connectivity index (χ0v) is 19.0. The van der Waals surface area contributed by atoms with Crippen molar-refractivity contribution in [1.29, 1.82) is 0 Å². The van der Waals surface area contributed by atoms with Gasteiger partial charge in [-0.3, -0.25) is 9.10 Å². The lowest BCUT2D eigenvalue weighted by molar-refractivity contribution is -0.120. The third-order valence-corrected chi connectivity index (χ3v) is 6.94. The number of benzene rings is 2. The zero-order valence-electron chi connectivity index (χ0n) is 18.2. The second-order valence-electron chi connectivity index (χ2n) is 7.20. The van der Waals surface area contributed by atoms with E-state index >= 15 is 0 Å². The Labute approximate surface area is 183 Å². The average molecular weight is 449 g/mol. The summed E-state index contributed by atoms with van der Waals surface area (Å²) >= 11 is 0. The number of nitrogens with zero attached hydrogens (tertiary/aromatic N) is 1. The van der Waals surface area contributed by atoms with Crippen molar-refractivity contribution in [2.75, 3.05) is 30.5 Å². The van der Waals surface area contributed by atoms with Crippen LogP contribution in [-0.2, 0) is 14.8 Å². The molecule has 0 radical (unpaired) electrons. The molecular formula is C22H28N2O6S. The molecule has 2 aromatic rings. The van der Waals surface area contributed by atoms with E-state index < -0.39 is 15.9 Å². The highest BCUT2D eigenvalue weighted by atomic mass is 32.2. The van der Waals surface area contributed by atoms with Crippen molar-refractivity contribution in [3.05, 3.63) is 47.5 Å². The van der Waals surface area contributed by atoms with Crippen LogP contribution in [0.5, 0.6) is 17.2 Å². The Bertz CT molecular complexity index is 1050. The predicted octanol–water partition coefficient (Wildman–Crippen LogP) is 3.16. The van der Waals surface area contributed by atoms with Gasteiger partial charge in [-0.15, -0.1) is 0 Å². The Morgan fingerprint density at radius 3 is 2.55 bits per heavy atom. The number of sulfonamides is 1. The molecule has 0 unspecified atom stereocenters. The molecule has 0 saturated heterocycles. The Kier molecular flexibility index (Phi) is 6.94. The summed E-state index contributed by atoms with van der Waals surface area (Å²) in [6.45, 7) is 5.19. The van der Waals surface area contributed by atoms with Gasteiger partial charge in [0.2, 0.25) is 22.7 Å². The van der Waals surface area contributed by atoms with E-state index in [2.05, 4.69) is 5.32 Å². The van der Waals surface area contributed by atoms with E-state index in [0.717, 1.165) is 21.2 Å². The van der Waals surface area contributed by atoms with Crippen LogP contribution in [0.2, 0.25) is 0 Å². The van der Waals surface area contributed by atoms with Crippen LogP contribution in [0.15, 0.2) is 36.4 Å². The molecule has 1 amide bonds. The quantitative estimate of drug-likeness (QED) is 0.633. The SMILES string of the molecule is CC[C@H](NC(=O)CN(c1ccc2c(c1)OCO2)S(=O)(=O)CC)c1ccc(OC)c(C)c1. The number of ether oxygens (including phenoxy) is 3. The van der Waals surface area contributed by atoms with Gasteiger partial charge in [0.05, 0.1) is 24.6 Å². The summed E-state index contributed by atoms with van der Waals surface area (Å²) in [6.07, 6.45) is 0.655.